The summed E-state index contributed by atoms with van der Waals surface area (Å²) in [5, 5.41) is 5.28. The average Bonchev–Trinajstić information content (AvgIpc) is 2.56. The smallest absolute Gasteiger partial charge is 0.268 e. The number of carbonyl (C=O) groups excluding carboxylic acids is 2. The second-order valence-electron chi connectivity index (χ2n) is 6.03. The van der Waals surface area contributed by atoms with Crippen molar-refractivity contribution >= 4 is 17.9 Å². The summed E-state index contributed by atoms with van der Waals surface area (Å²) in [7, 11) is 0. The summed E-state index contributed by atoms with van der Waals surface area (Å²) >= 11 is 0. The van der Waals surface area contributed by atoms with Crippen molar-refractivity contribution in [2.24, 2.45) is 0 Å². The number of amides is 2. The summed E-state index contributed by atoms with van der Waals surface area (Å²) in [6.45, 7) is 5.53. The minimum absolute atomic E-state index is 0.00984. The Bertz CT molecular complexity index is 796. The zero-order valence-electron chi connectivity index (χ0n) is 14.5. The lowest BCUT2D eigenvalue weighted by molar-refractivity contribution is -0.118. The van der Waals surface area contributed by atoms with Crippen LogP contribution >= 0.6 is 0 Å². The third-order valence-electron chi connectivity index (χ3n) is 3.43. The molecule has 2 amide bonds. The van der Waals surface area contributed by atoms with Crippen molar-refractivity contribution in [1.82, 2.24) is 10.6 Å². The Balaban J connectivity index is 2.31. The van der Waals surface area contributed by atoms with Crippen molar-refractivity contribution in [2.45, 2.75) is 26.8 Å². The Kier molecular flexibility index (Phi) is 6.06. The van der Waals surface area contributed by atoms with E-state index < -0.39 is 17.6 Å². The topological polar surface area (TPSA) is 58.2 Å². The minimum Gasteiger partial charge on any atom is -0.349 e. The Hall–Kier alpha value is -2.95. The Morgan fingerprint density at radius 3 is 2.28 bits per heavy atom. The van der Waals surface area contributed by atoms with Crippen LogP contribution < -0.4 is 10.6 Å². The molecule has 0 aliphatic carbocycles. The highest BCUT2D eigenvalue weighted by molar-refractivity contribution is 6.05. The predicted molar refractivity (Wildman–Crippen MR) is 96.3 cm³/mol. The number of aryl methyl sites for hydroxylation is 1. The van der Waals surface area contributed by atoms with Gasteiger partial charge in [0.2, 0.25) is 0 Å². The molecule has 0 aromatic heterocycles. The molecule has 0 heterocycles. The first-order valence-corrected chi connectivity index (χ1v) is 8.02. The number of carbonyl (C=O) groups is 2. The van der Waals surface area contributed by atoms with E-state index in [2.05, 4.69) is 10.6 Å². The molecule has 130 valence electrons. The molecule has 0 saturated carbocycles. The maximum Gasteiger partial charge on any atom is 0.268 e. The normalized spacial score (nSPS) is 11.3. The number of nitrogens with one attached hydrogen (secondary N) is 2. The van der Waals surface area contributed by atoms with E-state index in [9.17, 15) is 14.0 Å². The van der Waals surface area contributed by atoms with Crippen molar-refractivity contribution in [1.29, 1.82) is 0 Å². The monoisotopic (exact) mass is 340 g/mol. The van der Waals surface area contributed by atoms with E-state index >= 15 is 0 Å². The van der Waals surface area contributed by atoms with Gasteiger partial charge in [-0.2, -0.15) is 0 Å². The van der Waals surface area contributed by atoms with E-state index in [-0.39, 0.29) is 17.3 Å². The molecular weight excluding hydrogens is 319 g/mol. The molecular formula is C20H21FN2O2. The van der Waals surface area contributed by atoms with Gasteiger partial charge in [0.15, 0.2) is 0 Å². The number of halogens is 1. The Labute approximate surface area is 146 Å². The van der Waals surface area contributed by atoms with E-state index in [1.165, 1.54) is 18.2 Å². The predicted octanol–water partition coefficient (Wildman–Crippen LogP) is 3.43. The molecule has 0 atom stereocenters. The molecule has 0 fully saturated rings. The van der Waals surface area contributed by atoms with E-state index in [0.29, 0.717) is 5.56 Å². The van der Waals surface area contributed by atoms with Crippen LogP contribution in [0.2, 0.25) is 0 Å². The van der Waals surface area contributed by atoms with Crippen molar-refractivity contribution in [3.63, 3.8) is 0 Å². The number of benzene rings is 2. The lowest BCUT2D eigenvalue weighted by atomic mass is 10.1. The quantitative estimate of drug-likeness (QED) is 0.819. The molecule has 0 saturated heterocycles. The van der Waals surface area contributed by atoms with Gasteiger partial charge in [0, 0.05) is 17.2 Å². The summed E-state index contributed by atoms with van der Waals surface area (Å²) in [6, 6.07) is 12.9. The van der Waals surface area contributed by atoms with Crippen LogP contribution in [-0.2, 0) is 4.79 Å². The molecule has 25 heavy (non-hydrogen) atoms. The Morgan fingerprint density at radius 2 is 1.68 bits per heavy atom. The highest BCUT2D eigenvalue weighted by atomic mass is 19.1. The molecule has 2 aromatic carbocycles. The highest BCUT2D eigenvalue weighted by Crippen LogP contribution is 2.12. The fraction of sp³-hybridized carbons (Fsp3) is 0.200. The standard InChI is InChI=1S/C20H21FN2O2/c1-13(2)22-20(25)18(12-16-6-4-5-7-17(16)21)23-19(24)15-10-8-14(3)9-11-15/h4-13H,1-3H3,(H,22,25)(H,23,24). The molecule has 0 aliphatic heterocycles. The lowest BCUT2D eigenvalue weighted by Crippen LogP contribution is -2.38. The van der Waals surface area contributed by atoms with Crippen LogP contribution in [0.25, 0.3) is 6.08 Å². The van der Waals surface area contributed by atoms with Crippen molar-refractivity contribution < 1.29 is 14.0 Å². The molecule has 5 heteroatoms. The minimum atomic E-state index is -0.473. The van der Waals surface area contributed by atoms with E-state index in [1.807, 2.05) is 19.1 Å². The first-order chi connectivity index (χ1) is 11.9. The van der Waals surface area contributed by atoms with Crippen molar-refractivity contribution in [3.8, 4) is 0 Å². The first-order valence-electron chi connectivity index (χ1n) is 8.02. The molecule has 0 aliphatic rings. The van der Waals surface area contributed by atoms with Gasteiger partial charge in [-0.3, -0.25) is 9.59 Å². The zero-order chi connectivity index (χ0) is 18.4. The maximum atomic E-state index is 13.9. The fourth-order valence-corrected chi connectivity index (χ4v) is 2.15. The Morgan fingerprint density at radius 1 is 1.04 bits per heavy atom. The summed E-state index contributed by atoms with van der Waals surface area (Å²) in [6.07, 6.45) is 1.33. The summed E-state index contributed by atoms with van der Waals surface area (Å²) < 4.78 is 13.9. The highest BCUT2D eigenvalue weighted by Gasteiger charge is 2.16. The van der Waals surface area contributed by atoms with Crippen LogP contribution in [0.1, 0.15) is 35.3 Å². The first kappa shape index (κ1) is 18.4. The average molecular weight is 340 g/mol. The molecule has 0 radical (unpaired) electrons. The van der Waals surface area contributed by atoms with Gasteiger partial charge in [-0.05, 0) is 45.0 Å². The maximum absolute atomic E-state index is 13.9. The molecule has 0 spiro atoms. The van der Waals surface area contributed by atoms with Crippen LogP contribution in [0.3, 0.4) is 0 Å². The van der Waals surface area contributed by atoms with Gasteiger partial charge in [0.25, 0.3) is 11.8 Å². The van der Waals surface area contributed by atoms with Gasteiger partial charge in [-0.1, -0.05) is 35.9 Å². The second-order valence-corrected chi connectivity index (χ2v) is 6.03. The van der Waals surface area contributed by atoms with Crippen molar-refractivity contribution in [3.05, 3.63) is 76.7 Å². The van der Waals surface area contributed by atoms with E-state index in [1.54, 1.807) is 38.1 Å². The van der Waals surface area contributed by atoms with Crippen molar-refractivity contribution in [2.75, 3.05) is 0 Å². The largest absolute Gasteiger partial charge is 0.349 e. The lowest BCUT2D eigenvalue weighted by Gasteiger charge is -2.13. The molecule has 2 N–H and O–H groups in total. The summed E-state index contributed by atoms with van der Waals surface area (Å²) in [5.41, 5.74) is 1.66. The third-order valence-corrected chi connectivity index (χ3v) is 3.43. The van der Waals surface area contributed by atoms with Gasteiger partial charge in [0.05, 0.1) is 0 Å². The van der Waals surface area contributed by atoms with Crippen LogP contribution in [0, 0.1) is 12.7 Å². The van der Waals surface area contributed by atoms with Crippen LogP contribution in [-0.4, -0.2) is 17.9 Å². The van der Waals surface area contributed by atoms with Crippen LogP contribution in [0.5, 0.6) is 0 Å². The van der Waals surface area contributed by atoms with Gasteiger partial charge in [-0.15, -0.1) is 0 Å². The van der Waals surface area contributed by atoms with Crippen LogP contribution in [0.4, 0.5) is 4.39 Å². The molecule has 0 bridgehead atoms. The fourth-order valence-electron chi connectivity index (χ4n) is 2.15. The second kappa shape index (κ2) is 8.24. The molecule has 2 rings (SSSR count). The number of rotatable bonds is 5. The van der Waals surface area contributed by atoms with Gasteiger partial charge in [0.1, 0.15) is 11.5 Å². The summed E-state index contributed by atoms with van der Waals surface area (Å²) in [4.78, 5) is 24.8. The van der Waals surface area contributed by atoms with Crippen LogP contribution in [0.15, 0.2) is 54.2 Å². The van der Waals surface area contributed by atoms with E-state index in [4.69, 9.17) is 0 Å². The SMILES string of the molecule is Cc1ccc(C(=O)NC(=Cc2ccccc2F)C(=O)NC(C)C)cc1. The van der Waals surface area contributed by atoms with E-state index in [0.717, 1.165) is 5.56 Å². The van der Waals surface area contributed by atoms with Gasteiger partial charge < -0.3 is 10.6 Å². The zero-order valence-corrected chi connectivity index (χ0v) is 14.5. The summed E-state index contributed by atoms with van der Waals surface area (Å²) in [5.74, 6) is -1.37. The molecule has 4 nitrogen and oxygen atoms in total. The van der Waals surface area contributed by atoms with Gasteiger partial charge >= 0.3 is 0 Å². The number of hydrogen-bond donors (Lipinski definition) is 2. The third kappa shape index (κ3) is 5.28. The molecule has 0 unspecified atom stereocenters. The number of hydrogen-bond acceptors (Lipinski definition) is 2. The molecule has 2 aromatic rings. The van der Waals surface area contributed by atoms with Gasteiger partial charge in [-0.25, -0.2) is 4.39 Å².